The second-order valence-corrected chi connectivity index (χ2v) is 5.26. The summed E-state index contributed by atoms with van der Waals surface area (Å²) in [5, 5.41) is 8.34. The third-order valence-corrected chi connectivity index (χ3v) is 2.37. The zero-order chi connectivity index (χ0) is 15.6. The molecule has 0 aliphatic carbocycles. The van der Waals surface area contributed by atoms with E-state index in [4.69, 9.17) is 14.6 Å². The van der Waals surface area contributed by atoms with E-state index >= 15 is 0 Å². The average molecular weight is 292 g/mol. The van der Waals surface area contributed by atoms with Gasteiger partial charge in [-0.1, -0.05) is 6.92 Å². The summed E-state index contributed by atoms with van der Waals surface area (Å²) in [5.41, 5.74) is 0. The van der Waals surface area contributed by atoms with E-state index in [1.807, 2.05) is 14.1 Å². The molecule has 0 amide bonds. The minimum Gasteiger partial charge on any atom is -0.394 e. The summed E-state index contributed by atoms with van der Waals surface area (Å²) in [6.07, 6.45) is 3.31. The van der Waals surface area contributed by atoms with Crippen LogP contribution in [0.15, 0.2) is 0 Å². The van der Waals surface area contributed by atoms with Crippen LogP contribution in [0, 0.1) is 0 Å². The van der Waals surface area contributed by atoms with Crippen LogP contribution >= 0.6 is 0 Å². The van der Waals surface area contributed by atoms with Crippen molar-refractivity contribution in [2.45, 2.75) is 26.2 Å². The maximum absolute atomic E-state index is 8.34. The lowest BCUT2D eigenvalue weighted by Gasteiger charge is -2.08. The van der Waals surface area contributed by atoms with Crippen molar-refractivity contribution in [3.8, 4) is 0 Å². The van der Waals surface area contributed by atoms with Gasteiger partial charge in [-0.25, -0.2) is 0 Å². The number of nitrogens with zero attached hydrogens (tertiary/aromatic N) is 2. The highest BCUT2D eigenvalue weighted by molar-refractivity contribution is 4.42. The molecule has 0 bridgehead atoms. The Morgan fingerprint density at radius 3 is 1.55 bits per heavy atom. The lowest BCUT2D eigenvalue weighted by atomic mass is 10.4. The summed E-state index contributed by atoms with van der Waals surface area (Å²) in [7, 11) is 8.23. The molecule has 1 N–H and O–H groups in total. The molecule has 0 aliphatic rings. The van der Waals surface area contributed by atoms with Gasteiger partial charge in [0.25, 0.3) is 0 Å². The first-order valence-corrected chi connectivity index (χ1v) is 7.60. The first-order valence-electron chi connectivity index (χ1n) is 7.60. The Morgan fingerprint density at radius 2 is 1.20 bits per heavy atom. The molecule has 0 unspecified atom stereocenters. The summed E-state index contributed by atoms with van der Waals surface area (Å²) in [6.45, 7) is 7.47. The molecular weight excluding hydrogens is 256 g/mol. The van der Waals surface area contributed by atoms with Gasteiger partial charge >= 0.3 is 0 Å². The van der Waals surface area contributed by atoms with E-state index in [0.29, 0.717) is 6.61 Å². The van der Waals surface area contributed by atoms with Crippen molar-refractivity contribution in [2.24, 2.45) is 0 Å². The second-order valence-electron chi connectivity index (χ2n) is 5.26. The SMILES string of the molecule is CCCOCCCN(C)C.CN(C)CCCOCCO. The fourth-order valence-electron chi connectivity index (χ4n) is 1.38. The predicted molar refractivity (Wildman–Crippen MR) is 85.4 cm³/mol. The van der Waals surface area contributed by atoms with Crippen LogP contribution in [0.5, 0.6) is 0 Å². The Balaban J connectivity index is 0. The highest BCUT2D eigenvalue weighted by atomic mass is 16.5. The van der Waals surface area contributed by atoms with E-state index in [2.05, 4.69) is 30.8 Å². The Hall–Kier alpha value is -0.200. The third-order valence-electron chi connectivity index (χ3n) is 2.37. The van der Waals surface area contributed by atoms with Gasteiger partial charge in [0, 0.05) is 19.8 Å². The number of aliphatic hydroxyl groups is 1. The van der Waals surface area contributed by atoms with Crippen LogP contribution in [0.1, 0.15) is 26.2 Å². The largest absolute Gasteiger partial charge is 0.394 e. The molecule has 20 heavy (non-hydrogen) atoms. The van der Waals surface area contributed by atoms with E-state index < -0.39 is 0 Å². The summed E-state index contributed by atoms with van der Waals surface area (Å²) >= 11 is 0. The van der Waals surface area contributed by atoms with Gasteiger partial charge in [-0.3, -0.25) is 0 Å². The molecule has 5 nitrogen and oxygen atoms in total. The van der Waals surface area contributed by atoms with E-state index in [1.165, 1.54) is 0 Å². The molecule has 0 aromatic heterocycles. The lowest BCUT2D eigenvalue weighted by molar-refractivity contribution is 0.0873. The zero-order valence-corrected chi connectivity index (χ0v) is 14.2. The molecule has 0 saturated carbocycles. The van der Waals surface area contributed by atoms with Gasteiger partial charge in [0.05, 0.1) is 13.2 Å². The number of hydrogen-bond acceptors (Lipinski definition) is 5. The van der Waals surface area contributed by atoms with Crippen molar-refractivity contribution < 1.29 is 14.6 Å². The second kappa shape index (κ2) is 18.8. The fourth-order valence-corrected chi connectivity index (χ4v) is 1.38. The summed E-state index contributed by atoms with van der Waals surface area (Å²) in [4.78, 5) is 4.29. The van der Waals surface area contributed by atoms with E-state index in [9.17, 15) is 0 Å². The molecule has 0 spiro atoms. The highest BCUT2D eigenvalue weighted by Crippen LogP contribution is 1.86. The van der Waals surface area contributed by atoms with Crippen LogP contribution in [-0.2, 0) is 9.47 Å². The van der Waals surface area contributed by atoms with Gasteiger partial charge in [0.15, 0.2) is 0 Å². The van der Waals surface area contributed by atoms with E-state index in [1.54, 1.807) is 0 Å². The number of ether oxygens (including phenoxy) is 2. The Morgan fingerprint density at radius 1 is 0.750 bits per heavy atom. The molecule has 0 saturated heterocycles. The molecule has 0 aliphatic heterocycles. The smallest absolute Gasteiger partial charge is 0.0697 e. The average Bonchev–Trinajstić information content (AvgIpc) is 2.38. The minimum atomic E-state index is 0.127. The predicted octanol–water partition coefficient (Wildman–Crippen LogP) is 1.31. The molecule has 5 heteroatoms. The van der Waals surface area contributed by atoms with Gasteiger partial charge in [-0.15, -0.1) is 0 Å². The normalized spacial score (nSPS) is 10.8. The van der Waals surface area contributed by atoms with Crippen LogP contribution < -0.4 is 0 Å². The third kappa shape index (κ3) is 26.4. The highest BCUT2D eigenvalue weighted by Gasteiger charge is 1.90. The van der Waals surface area contributed by atoms with Crippen molar-refractivity contribution in [1.82, 2.24) is 9.80 Å². The van der Waals surface area contributed by atoms with Crippen LogP contribution in [0.4, 0.5) is 0 Å². The van der Waals surface area contributed by atoms with Crippen LogP contribution in [0.25, 0.3) is 0 Å². The monoisotopic (exact) mass is 292 g/mol. The topological polar surface area (TPSA) is 45.2 Å². The fraction of sp³-hybridized carbons (Fsp3) is 1.00. The Bertz CT molecular complexity index is 149. The molecule has 0 rings (SSSR count). The molecule has 0 atom stereocenters. The summed E-state index contributed by atoms with van der Waals surface area (Å²) in [6, 6.07) is 0. The van der Waals surface area contributed by atoms with Crippen LogP contribution in [0.3, 0.4) is 0 Å². The van der Waals surface area contributed by atoms with Gasteiger partial charge in [0.1, 0.15) is 0 Å². The van der Waals surface area contributed by atoms with Gasteiger partial charge in [-0.2, -0.15) is 0 Å². The minimum absolute atomic E-state index is 0.127. The maximum Gasteiger partial charge on any atom is 0.0697 e. The summed E-state index contributed by atoms with van der Waals surface area (Å²) in [5.74, 6) is 0. The number of hydrogen-bond donors (Lipinski definition) is 1. The Labute approximate surface area is 125 Å². The van der Waals surface area contributed by atoms with Crippen molar-refractivity contribution in [2.75, 3.05) is 74.3 Å². The van der Waals surface area contributed by atoms with Crippen molar-refractivity contribution >= 4 is 0 Å². The molecule has 0 heterocycles. The van der Waals surface area contributed by atoms with Crippen LogP contribution in [0.2, 0.25) is 0 Å². The standard InChI is InChI=1S/C8H19NO.C7H17NO2/c1-4-7-10-8-5-6-9(2)3;1-8(2)4-3-6-10-7-5-9/h4-8H2,1-3H3;9H,3-7H2,1-2H3. The molecule has 0 radical (unpaired) electrons. The van der Waals surface area contributed by atoms with Crippen molar-refractivity contribution in [3.63, 3.8) is 0 Å². The van der Waals surface area contributed by atoms with Crippen molar-refractivity contribution in [3.05, 3.63) is 0 Å². The first-order chi connectivity index (χ1) is 9.54. The van der Waals surface area contributed by atoms with Gasteiger partial charge in [-0.05, 0) is 60.5 Å². The van der Waals surface area contributed by atoms with Crippen LogP contribution in [-0.4, -0.2) is 89.2 Å². The molecular formula is C15H36N2O3. The Kier molecular flexibility index (Phi) is 20.8. The first kappa shape index (κ1) is 22.1. The number of aliphatic hydroxyl groups excluding tert-OH is 1. The zero-order valence-electron chi connectivity index (χ0n) is 14.2. The van der Waals surface area contributed by atoms with E-state index in [0.717, 1.165) is 52.2 Å². The van der Waals surface area contributed by atoms with Crippen molar-refractivity contribution in [1.29, 1.82) is 0 Å². The number of rotatable bonds is 12. The summed E-state index contributed by atoms with van der Waals surface area (Å²) < 4.78 is 10.4. The van der Waals surface area contributed by atoms with Gasteiger partial charge < -0.3 is 24.4 Å². The van der Waals surface area contributed by atoms with Gasteiger partial charge in [0.2, 0.25) is 0 Å². The molecule has 0 aromatic carbocycles. The maximum atomic E-state index is 8.34. The molecule has 0 aromatic rings. The quantitative estimate of drug-likeness (QED) is 0.550. The molecule has 124 valence electrons. The lowest BCUT2D eigenvalue weighted by Crippen LogP contribution is -2.15. The van der Waals surface area contributed by atoms with E-state index in [-0.39, 0.29) is 6.61 Å². The molecule has 0 fully saturated rings.